The normalized spacial score (nSPS) is 25.6. The van der Waals surface area contributed by atoms with Crippen LogP contribution in [-0.4, -0.2) is 16.7 Å². The van der Waals surface area contributed by atoms with Gasteiger partial charge in [-0.3, -0.25) is 0 Å². The third-order valence-electron chi connectivity index (χ3n) is 4.53. The van der Waals surface area contributed by atoms with Crippen LogP contribution >= 0.6 is 0 Å². The number of hydrogen-bond acceptors (Lipinski definition) is 4. The van der Waals surface area contributed by atoms with Crippen LogP contribution in [0.3, 0.4) is 0 Å². The van der Waals surface area contributed by atoms with Gasteiger partial charge in [0.05, 0.1) is 6.04 Å². The average Bonchev–Trinajstić information content (AvgIpc) is 3.17. The minimum Gasteiger partial charge on any atom is -0.338 e. The SMILES string of the molecule is c1ccc2c(c1)CCC(c1noc([C@@H]3CCCN3)n1)C2. The smallest absolute Gasteiger partial charge is 0.243 e. The van der Waals surface area contributed by atoms with Crippen LogP contribution in [-0.2, 0) is 12.8 Å². The molecule has 4 nitrogen and oxygen atoms in total. The Morgan fingerprint density at radius 3 is 2.90 bits per heavy atom. The summed E-state index contributed by atoms with van der Waals surface area (Å²) in [6, 6.07) is 8.96. The van der Waals surface area contributed by atoms with Crippen molar-refractivity contribution >= 4 is 0 Å². The van der Waals surface area contributed by atoms with Crippen molar-refractivity contribution in [3.8, 4) is 0 Å². The van der Waals surface area contributed by atoms with Crippen LogP contribution in [0.25, 0.3) is 0 Å². The van der Waals surface area contributed by atoms with Crippen molar-refractivity contribution in [2.45, 2.75) is 44.1 Å². The highest BCUT2D eigenvalue weighted by Gasteiger charge is 2.27. The van der Waals surface area contributed by atoms with Gasteiger partial charge in [0, 0.05) is 5.92 Å². The fraction of sp³-hybridized carbons (Fsp3) is 0.500. The largest absolute Gasteiger partial charge is 0.338 e. The molecule has 2 heterocycles. The number of fused-ring (bicyclic) bond motifs is 1. The molecule has 1 aromatic carbocycles. The molecule has 20 heavy (non-hydrogen) atoms. The molecule has 0 radical (unpaired) electrons. The first-order valence-corrected chi connectivity index (χ1v) is 7.54. The summed E-state index contributed by atoms with van der Waals surface area (Å²) >= 11 is 0. The molecule has 0 bridgehead atoms. The molecule has 2 atom stereocenters. The first kappa shape index (κ1) is 12.1. The molecule has 0 saturated carbocycles. The summed E-state index contributed by atoms with van der Waals surface area (Å²) in [5.41, 5.74) is 2.92. The second-order valence-electron chi connectivity index (χ2n) is 5.85. The second-order valence-corrected chi connectivity index (χ2v) is 5.85. The van der Waals surface area contributed by atoms with Gasteiger partial charge in [-0.1, -0.05) is 29.4 Å². The molecule has 1 unspecified atom stereocenters. The van der Waals surface area contributed by atoms with Crippen molar-refractivity contribution in [2.24, 2.45) is 0 Å². The lowest BCUT2D eigenvalue weighted by atomic mass is 9.83. The molecule has 1 saturated heterocycles. The van der Waals surface area contributed by atoms with Gasteiger partial charge in [-0.2, -0.15) is 4.98 Å². The molecule has 1 aliphatic carbocycles. The van der Waals surface area contributed by atoms with E-state index in [1.165, 1.54) is 17.5 Å². The predicted octanol–water partition coefficient (Wildman–Crippen LogP) is 2.77. The van der Waals surface area contributed by atoms with Crippen LogP contribution in [0.5, 0.6) is 0 Å². The molecule has 2 aliphatic rings. The number of benzene rings is 1. The summed E-state index contributed by atoms with van der Waals surface area (Å²) in [5, 5.41) is 7.64. The highest BCUT2D eigenvalue weighted by Crippen LogP contribution is 2.32. The Bertz CT molecular complexity index is 601. The molecule has 1 aliphatic heterocycles. The van der Waals surface area contributed by atoms with Crippen molar-refractivity contribution in [1.82, 2.24) is 15.5 Å². The lowest BCUT2D eigenvalue weighted by Gasteiger charge is -2.21. The van der Waals surface area contributed by atoms with Crippen LogP contribution < -0.4 is 5.32 Å². The van der Waals surface area contributed by atoms with E-state index in [0.717, 1.165) is 43.9 Å². The van der Waals surface area contributed by atoms with Crippen molar-refractivity contribution in [3.05, 3.63) is 47.1 Å². The van der Waals surface area contributed by atoms with Crippen LogP contribution in [0.4, 0.5) is 0 Å². The van der Waals surface area contributed by atoms with Gasteiger partial charge in [0.2, 0.25) is 5.89 Å². The van der Waals surface area contributed by atoms with E-state index in [0.29, 0.717) is 5.92 Å². The van der Waals surface area contributed by atoms with Crippen molar-refractivity contribution in [2.75, 3.05) is 6.54 Å². The quantitative estimate of drug-likeness (QED) is 0.910. The molecule has 1 aromatic heterocycles. The van der Waals surface area contributed by atoms with Gasteiger partial charge < -0.3 is 9.84 Å². The van der Waals surface area contributed by atoms with E-state index in [2.05, 4.69) is 39.7 Å². The Morgan fingerprint density at radius 1 is 1.15 bits per heavy atom. The van der Waals surface area contributed by atoms with Gasteiger partial charge in [-0.15, -0.1) is 0 Å². The summed E-state index contributed by atoms with van der Waals surface area (Å²) in [6.07, 6.45) is 5.57. The molecule has 104 valence electrons. The third kappa shape index (κ3) is 2.14. The summed E-state index contributed by atoms with van der Waals surface area (Å²) in [5.74, 6) is 2.07. The summed E-state index contributed by atoms with van der Waals surface area (Å²) in [7, 11) is 0. The van der Waals surface area contributed by atoms with Crippen LogP contribution in [0, 0.1) is 0 Å². The van der Waals surface area contributed by atoms with E-state index in [9.17, 15) is 0 Å². The van der Waals surface area contributed by atoms with Gasteiger partial charge >= 0.3 is 0 Å². The molecule has 4 heteroatoms. The van der Waals surface area contributed by atoms with E-state index in [1.54, 1.807) is 0 Å². The molecule has 4 rings (SSSR count). The number of nitrogens with one attached hydrogen (secondary N) is 1. The first-order valence-electron chi connectivity index (χ1n) is 7.54. The van der Waals surface area contributed by atoms with Crippen LogP contribution in [0.15, 0.2) is 28.8 Å². The zero-order valence-corrected chi connectivity index (χ0v) is 11.5. The zero-order chi connectivity index (χ0) is 13.4. The molecule has 1 fully saturated rings. The summed E-state index contributed by atoms with van der Waals surface area (Å²) < 4.78 is 5.47. The first-order chi connectivity index (χ1) is 9.90. The van der Waals surface area contributed by atoms with Gasteiger partial charge in [0.25, 0.3) is 0 Å². The van der Waals surface area contributed by atoms with E-state index >= 15 is 0 Å². The maximum absolute atomic E-state index is 5.47. The van der Waals surface area contributed by atoms with Crippen molar-refractivity contribution in [1.29, 1.82) is 0 Å². The molecular weight excluding hydrogens is 250 g/mol. The Morgan fingerprint density at radius 2 is 2.05 bits per heavy atom. The summed E-state index contributed by atoms with van der Waals surface area (Å²) in [4.78, 5) is 4.65. The van der Waals surface area contributed by atoms with Crippen molar-refractivity contribution < 1.29 is 4.52 Å². The van der Waals surface area contributed by atoms with Gasteiger partial charge in [0.15, 0.2) is 5.82 Å². The Hall–Kier alpha value is -1.68. The molecule has 0 spiro atoms. The van der Waals surface area contributed by atoms with E-state index in [4.69, 9.17) is 4.52 Å². The highest BCUT2D eigenvalue weighted by atomic mass is 16.5. The fourth-order valence-electron chi connectivity index (χ4n) is 3.37. The molecule has 0 amide bonds. The van der Waals surface area contributed by atoms with Gasteiger partial charge in [-0.25, -0.2) is 0 Å². The Balaban J connectivity index is 1.54. The lowest BCUT2D eigenvalue weighted by Crippen LogP contribution is -2.15. The Labute approximate surface area is 118 Å². The molecule has 1 N–H and O–H groups in total. The van der Waals surface area contributed by atoms with Gasteiger partial charge in [0.1, 0.15) is 0 Å². The Kier molecular flexibility index (Phi) is 3.03. The molecular formula is C16H19N3O. The standard InChI is InChI=1S/C16H19N3O/c1-2-5-12-10-13(8-7-11(12)4-1)15-18-16(20-19-15)14-6-3-9-17-14/h1-2,4-5,13-14,17H,3,6-10H2/t13?,14-/m0/s1. The fourth-order valence-corrected chi connectivity index (χ4v) is 3.37. The van der Waals surface area contributed by atoms with Crippen LogP contribution in [0.1, 0.15) is 54.1 Å². The average molecular weight is 269 g/mol. The maximum atomic E-state index is 5.47. The lowest BCUT2D eigenvalue weighted by molar-refractivity contribution is 0.338. The summed E-state index contributed by atoms with van der Waals surface area (Å²) in [6.45, 7) is 1.05. The number of nitrogens with zero attached hydrogens (tertiary/aromatic N) is 2. The second kappa shape index (κ2) is 5.02. The number of rotatable bonds is 2. The maximum Gasteiger partial charge on any atom is 0.243 e. The number of aryl methyl sites for hydroxylation is 1. The van der Waals surface area contributed by atoms with E-state index < -0.39 is 0 Å². The molecule has 2 aromatic rings. The predicted molar refractivity (Wildman–Crippen MR) is 75.5 cm³/mol. The monoisotopic (exact) mass is 269 g/mol. The van der Waals surface area contributed by atoms with Crippen molar-refractivity contribution in [3.63, 3.8) is 0 Å². The van der Waals surface area contributed by atoms with E-state index in [-0.39, 0.29) is 6.04 Å². The van der Waals surface area contributed by atoms with E-state index in [1.807, 2.05) is 0 Å². The topological polar surface area (TPSA) is 51.0 Å². The third-order valence-corrected chi connectivity index (χ3v) is 4.53. The minimum absolute atomic E-state index is 0.270. The van der Waals surface area contributed by atoms with Gasteiger partial charge in [-0.05, 0) is 49.8 Å². The van der Waals surface area contributed by atoms with Crippen LogP contribution in [0.2, 0.25) is 0 Å². The number of aromatic nitrogens is 2. The minimum atomic E-state index is 0.270. The number of hydrogen-bond donors (Lipinski definition) is 1. The zero-order valence-electron chi connectivity index (χ0n) is 11.5. The highest BCUT2D eigenvalue weighted by molar-refractivity contribution is 5.31.